The van der Waals surface area contributed by atoms with E-state index < -0.39 is 0 Å². The Kier molecular flexibility index (Phi) is 3.24. The highest BCUT2D eigenvalue weighted by Gasteiger charge is 2.41. The largest absolute Gasteiger partial charge is 0.458 e. The monoisotopic (exact) mass is 447 g/mol. The van der Waals surface area contributed by atoms with Crippen LogP contribution in [0.1, 0.15) is 24.5 Å². The van der Waals surface area contributed by atoms with Crippen molar-refractivity contribution in [1.29, 1.82) is 0 Å². The third kappa shape index (κ3) is 2.18. The number of hydrogen-bond acceptors (Lipinski definition) is 1. The number of ether oxygens (including phenoxy) is 1. The average molecular weight is 447 g/mol. The Morgan fingerprint density at radius 2 is 1.77 bits per heavy atom. The first-order chi connectivity index (χ1) is 17.3. The number of nitrogens with zero attached hydrogens (tertiary/aromatic N) is 1. The molecule has 0 spiro atoms. The molecule has 35 heavy (non-hydrogen) atoms. The highest BCUT2D eigenvalue weighted by atomic mass is 16.5. The van der Waals surface area contributed by atoms with E-state index in [2.05, 4.69) is 96.4 Å². The molecule has 4 aromatic carbocycles. The van der Waals surface area contributed by atoms with Crippen molar-refractivity contribution in [2.45, 2.75) is 19.8 Å². The molecule has 1 unspecified atom stereocenters. The molecular formula is C32H22BNO. The van der Waals surface area contributed by atoms with Gasteiger partial charge in [-0.3, -0.25) is 0 Å². The predicted molar refractivity (Wildman–Crippen MR) is 145 cm³/mol. The minimum Gasteiger partial charge on any atom is -0.458 e. The number of rotatable bonds is 0. The van der Waals surface area contributed by atoms with E-state index in [0.717, 1.165) is 24.3 Å². The van der Waals surface area contributed by atoms with Crippen LogP contribution >= 0.6 is 0 Å². The van der Waals surface area contributed by atoms with Crippen molar-refractivity contribution < 1.29 is 4.74 Å². The summed E-state index contributed by atoms with van der Waals surface area (Å²) in [6.07, 6.45) is 6.88. The van der Waals surface area contributed by atoms with Gasteiger partial charge in [-0.05, 0) is 81.7 Å². The molecule has 0 bridgehead atoms. The molecular weight excluding hydrogens is 425 g/mol. The average Bonchev–Trinajstić information content (AvgIpc) is 3.41. The molecule has 0 radical (unpaired) electrons. The first-order valence-corrected chi connectivity index (χ1v) is 12.7. The molecule has 1 aromatic heterocycles. The van der Waals surface area contributed by atoms with Crippen molar-refractivity contribution in [2.24, 2.45) is 5.92 Å². The summed E-state index contributed by atoms with van der Waals surface area (Å²) in [6.45, 7) is 2.50. The van der Waals surface area contributed by atoms with Crippen molar-refractivity contribution in [2.75, 3.05) is 0 Å². The molecule has 5 aromatic rings. The van der Waals surface area contributed by atoms with Gasteiger partial charge < -0.3 is 9.30 Å². The Hall–Kier alpha value is -3.98. The Morgan fingerprint density at radius 1 is 0.886 bits per heavy atom. The summed E-state index contributed by atoms with van der Waals surface area (Å²) in [5, 5.41) is 2.65. The van der Waals surface area contributed by atoms with Crippen molar-refractivity contribution in [3.05, 3.63) is 102 Å². The second kappa shape index (κ2) is 6.17. The van der Waals surface area contributed by atoms with Crippen LogP contribution in [0.2, 0.25) is 0 Å². The zero-order valence-corrected chi connectivity index (χ0v) is 19.5. The van der Waals surface area contributed by atoms with E-state index in [4.69, 9.17) is 4.74 Å². The number of aromatic nitrogens is 1. The Balaban J connectivity index is 1.39. The molecule has 0 saturated carbocycles. The third-order valence-corrected chi connectivity index (χ3v) is 8.62. The van der Waals surface area contributed by atoms with Gasteiger partial charge in [-0.2, -0.15) is 0 Å². The number of para-hydroxylation sites is 2. The maximum Gasteiger partial charge on any atom is 0.256 e. The zero-order valence-electron chi connectivity index (χ0n) is 19.5. The lowest BCUT2D eigenvalue weighted by Crippen LogP contribution is -2.58. The minimum absolute atomic E-state index is 0.178. The van der Waals surface area contributed by atoms with E-state index in [9.17, 15) is 0 Å². The SMILES string of the molecule is CC1C=CC2=C(C1)c1cc3c(cc1C2)Oc1cccc2c1B3c1cccc3c4ccccc4n-2c13. The van der Waals surface area contributed by atoms with Crippen molar-refractivity contribution in [3.8, 4) is 17.2 Å². The van der Waals surface area contributed by atoms with Gasteiger partial charge in [0, 0.05) is 22.0 Å². The second-order valence-corrected chi connectivity index (χ2v) is 10.6. The van der Waals surface area contributed by atoms with Crippen LogP contribution in [0.4, 0.5) is 0 Å². The molecule has 1 atom stereocenters. The summed E-state index contributed by atoms with van der Waals surface area (Å²) in [7, 11) is 0. The van der Waals surface area contributed by atoms with Gasteiger partial charge in [0.1, 0.15) is 11.5 Å². The molecule has 2 aliphatic carbocycles. The zero-order chi connectivity index (χ0) is 22.8. The van der Waals surface area contributed by atoms with E-state index >= 15 is 0 Å². The maximum atomic E-state index is 6.67. The lowest BCUT2D eigenvalue weighted by Gasteiger charge is -2.33. The topological polar surface area (TPSA) is 14.2 Å². The fraction of sp³-hybridized carbons (Fsp3) is 0.125. The standard InChI is InChI=1S/C32H22BNO/c1-18-12-13-19-15-20-16-30-26(17-24(20)23(19)14-18)33-25-8-4-7-22-21-6-2-3-9-27(21)34(32(22)25)28-10-5-11-29(35-30)31(28)33/h2-13,16-18H,14-15H2,1H3. The van der Waals surface area contributed by atoms with Crippen LogP contribution in [0.5, 0.6) is 11.5 Å². The Bertz CT molecular complexity index is 1850. The van der Waals surface area contributed by atoms with E-state index in [1.807, 2.05) is 0 Å². The van der Waals surface area contributed by atoms with E-state index in [-0.39, 0.29) is 6.71 Å². The van der Waals surface area contributed by atoms with Gasteiger partial charge in [-0.15, -0.1) is 0 Å². The third-order valence-electron chi connectivity index (χ3n) is 8.62. The van der Waals surface area contributed by atoms with Crippen LogP contribution in [0, 0.1) is 5.92 Å². The summed E-state index contributed by atoms with van der Waals surface area (Å²) < 4.78 is 9.14. The van der Waals surface area contributed by atoms with Crippen LogP contribution in [-0.4, -0.2) is 11.3 Å². The van der Waals surface area contributed by atoms with E-state index in [1.165, 1.54) is 60.6 Å². The second-order valence-electron chi connectivity index (χ2n) is 10.6. The maximum absolute atomic E-state index is 6.67. The first kappa shape index (κ1) is 18.4. The fourth-order valence-corrected chi connectivity index (χ4v) is 7.17. The van der Waals surface area contributed by atoms with Crippen LogP contribution in [-0.2, 0) is 6.42 Å². The van der Waals surface area contributed by atoms with Crippen molar-refractivity contribution in [1.82, 2.24) is 4.57 Å². The predicted octanol–water partition coefficient (Wildman–Crippen LogP) is 5.62. The molecule has 9 rings (SSSR count). The van der Waals surface area contributed by atoms with Gasteiger partial charge in [0.25, 0.3) is 6.71 Å². The van der Waals surface area contributed by atoms with Crippen LogP contribution < -0.4 is 21.1 Å². The van der Waals surface area contributed by atoms with Crippen LogP contribution in [0.25, 0.3) is 33.1 Å². The van der Waals surface area contributed by atoms with Gasteiger partial charge in [0.05, 0.1) is 5.52 Å². The number of benzene rings is 4. The van der Waals surface area contributed by atoms with Gasteiger partial charge in [0.15, 0.2) is 0 Å². The van der Waals surface area contributed by atoms with Crippen LogP contribution in [0.3, 0.4) is 0 Å². The van der Waals surface area contributed by atoms with Gasteiger partial charge in [-0.25, -0.2) is 0 Å². The molecule has 3 heterocycles. The molecule has 2 nitrogen and oxygen atoms in total. The van der Waals surface area contributed by atoms with Gasteiger partial charge in [-0.1, -0.05) is 67.6 Å². The molecule has 0 saturated heterocycles. The molecule has 2 aliphatic heterocycles. The number of hydrogen-bond donors (Lipinski definition) is 0. The molecule has 0 fully saturated rings. The normalized spacial score (nSPS) is 18.4. The number of allylic oxidation sites excluding steroid dienone is 4. The smallest absolute Gasteiger partial charge is 0.256 e. The summed E-state index contributed by atoms with van der Waals surface area (Å²) in [4.78, 5) is 0. The Morgan fingerprint density at radius 3 is 2.74 bits per heavy atom. The summed E-state index contributed by atoms with van der Waals surface area (Å²) in [6, 6.07) is 27.0. The molecule has 0 N–H and O–H groups in total. The number of fused-ring (bicyclic) bond motifs is 9. The summed E-state index contributed by atoms with van der Waals surface area (Å²) in [5.74, 6) is 2.61. The molecule has 164 valence electrons. The lowest BCUT2D eigenvalue weighted by molar-refractivity contribution is 0.486. The van der Waals surface area contributed by atoms with Gasteiger partial charge >= 0.3 is 0 Å². The summed E-state index contributed by atoms with van der Waals surface area (Å²) in [5.41, 5.74) is 13.7. The quantitative estimate of drug-likeness (QED) is 0.275. The highest BCUT2D eigenvalue weighted by Crippen LogP contribution is 2.43. The molecule has 3 heteroatoms. The van der Waals surface area contributed by atoms with Crippen molar-refractivity contribution in [3.63, 3.8) is 0 Å². The van der Waals surface area contributed by atoms with Crippen LogP contribution in [0.15, 0.2) is 90.5 Å². The van der Waals surface area contributed by atoms with E-state index in [0.29, 0.717) is 5.92 Å². The molecule has 0 amide bonds. The highest BCUT2D eigenvalue weighted by molar-refractivity contribution is 6.99. The van der Waals surface area contributed by atoms with Crippen molar-refractivity contribution >= 4 is 50.5 Å². The fourth-order valence-electron chi connectivity index (χ4n) is 7.17. The molecule has 4 aliphatic rings. The lowest BCUT2D eigenvalue weighted by atomic mass is 9.34. The minimum atomic E-state index is 0.178. The van der Waals surface area contributed by atoms with Gasteiger partial charge in [0.2, 0.25) is 0 Å². The van der Waals surface area contributed by atoms with E-state index in [1.54, 1.807) is 5.57 Å². The first-order valence-electron chi connectivity index (χ1n) is 12.7. The Labute approximate surface area is 204 Å². The summed E-state index contributed by atoms with van der Waals surface area (Å²) >= 11 is 0.